The topological polar surface area (TPSA) is 55.8 Å². The molecule has 1 rings (SSSR count). The van der Waals surface area contributed by atoms with Crippen molar-refractivity contribution in [1.29, 1.82) is 0 Å². The molecule has 0 fully saturated rings. The lowest BCUT2D eigenvalue weighted by Crippen LogP contribution is -2.12. The average Bonchev–Trinajstić information content (AvgIpc) is 2.46. The predicted octanol–water partition coefficient (Wildman–Crippen LogP) is 2.85. The molecule has 0 aromatic heterocycles. The van der Waals surface area contributed by atoms with Crippen LogP contribution in [0.3, 0.4) is 0 Å². The van der Waals surface area contributed by atoms with Gasteiger partial charge < -0.3 is 14.6 Å². The lowest BCUT2D eigenvalue weighted by molar-refractivity contribution is -0.139. The monoisotopic (exact) mass is 278 g/mol. The Morgan fingerprint density at radius 2 is 2.15 bits per heavy atom. The van der Waals surface area contributed by atoms with E-state index in [0.29, 0.717) is 18.8 Å². The molecule has 0 bridgehead atoms. The van der Waals surface area contributed by atoms with E-state index in [1.807, 2.05) is 31.2 Å². The van der Waals surface area contributed by atoms with Crippen LogP contribution in [0.5, 0.6) is 5.75 Å². The van der Waals surface area contributed by atoms with Gasteiger partial charge in [0.05, 0.1) is 12.7 Å². The Balaban J connectivity index is 2.48. The molecule has 1 aromatic carbocycles. The van der Waals surface area contributed by atoms with Gasteiger partial charge in [-0.15, -0.1) is 0 Å². The summed E-state index contributed by atoms with van der Waals surface area (Å²) in [5, 5.41) is 9.64. The fraction of sp³-hybridized carbons (Fsp3) is 0.438. The molecular formula is C16H22O4. The summed E-state index contributed by atoms with van der Waals surface area (Å²) in [5.74, 6) is 0.214. The molecule has 0 amide bonds. The molecule has 0 aliphatic heterocycles. The number of hydrogen-bond acceptors (Lipinski definition) is 4. The van der Waals surface area contributed by atoms with E-state index < -0.39 is 5.97 Å². The van der Waals surface area contributed by atoms with E-state index in [4.69, 9.17) is 9.47 Å². The van der Waals surface area contributed by atoms with Gasteiger partial charge in [0.1, 0.15) is 12.4 Å². The SMILES string of the molecule is C=CC(=O)OCc1ccccc1OCCC(O)CCC. The van der Waals surface area contributed by atoms with Crippen LogP contribution >= 0.6 is 0 Å². The van der Waals surface area contributed by atoms with Crippen LogP contribution in [-0.2, 0) is 16.1 Å². The van der Waals surface area contributed by atoms with Crippen LogP contribution < -0.4 is 4.74 Å². The smallest absolute Gasteiger partial charge is 0.330 e. The molecule has 0 saturated heterocycles. The number of carbonyl (C=O) groups is 1. The number of esters is 1. The second-order valence-electron chi connectivity index (χ2n) is 4.50. The molecule has 0 radical (unpaired) electrons. The first kappa shape index (κ1) is 16.2. The standard InChI is InChI=1S/C16H22O4/c1-3-7-14(17)10-11-19-15-9-6-5-8-13(15)12-20-16(18)4-2/h4-6,8-9,14,17H,2-3,7,10-12H2,1H3. The molecular weight excluding hydrogens is 256 g/mol. The van der Waals surface area contributed by atoms with Gasteiger partial charge in [-0.1, -0.05) is 38.1 Å². The first-order valence-electron chi connectivity index (χ1n) is 6.85. The fourth-order valence-electron chi connectivity index (χ4n) is 1.75. The number of aliphatic hydroxyl groups excluding tert-OH is 1. The summed E-state index contributed by atoms with van der Waals surface area (Å²) in [6.45, 7) is 5.97. The molecule has 0 aliphatic carbocycles. The maximum atomic E-state index is 11.1. The third-order valence-corrected chi connectivity index (χ3v) is 2.84. The Bertz CT molecular complexity index is 428. The first-order valence-corrected chi connectivity index (χ1v) is 6.85. The Morgan fingerprint density at radius 3 is 2.85 bits per heavy atom. The summed E-state index contributed by atoms with van der Waals surface area (Å²) in [6, 6.07) is 7.38. The quantitative estimate of drug-likeness (QED) is 0.557. The minimum absolute atomic E-state index is 0.151. The summed E-state index contributed by atoms with van der Waals surface area (Å²) >= 11 is 0. The molecule has 110 valence electrons. The van der Waals surface area contributed by atoms with Gasteiger partial charge in [-0.25, -0.2) is 4.79 Å². The third kappa shape index (κ3) is 5.89. The predicted molar refractivity (Wildman–Crippen MR) is 77.5 cm³/mol. The van der Waals surface area contributed by atoms with Gasteiger partial charge in [-0.2, -0.15) is 0 Å². The summed E-state index contributed by atoms with van der Waals surface area (Å²) in [4.78, 5) is 11.1. The molecule has 0 heterocycles. The maximum absolute atomic E-state index is 11.1. The molecule has 0 aliphatic rings. The minimum Gasteiger partial charge on any atom is -0.493 e. The van der Waals surface area contributed by atoms with E-state index in [1.54, 1.807) is 0 Å². The molecule has 4 heteroatoms. The van der Waals surface area contributed by atoms with Gasteiger partial charge in [0.25, 0.3) is 0 Å². The van der Waals surface area contributed by atoms with Crippen molar-refractivity contribution >= 4 is 5.97 Å². The van der Waals surface area contributed by atoms with Crippen molar-refractivity contribution in [3.05, 3.63) is 42.5 Å². The molecule has 1 unspecified atom stereocenters. The van der Waals surface area contributed by atoms with E-state index in [0.717, 1.165) is 24.5 Å². The fourth-order valence-corrected chi connectivity index (χ4v) is 1.75. The van der Waals surface area contributed by atoms with E-state index >= 15 is 0 Å². The number of aliphatic hydroxyl groups is 1. The summed E-state index contributed by atoms with van der Waals surface area (Å²) in [6.07, 6.45) is 3.13. The number of rotatable bonds is 9. The maximum Gasteiger partial charge on any atom is 0.330 e. The van der Waals surface area contributed by atoms with Gasteiger partial charge in [0.2, 0.25) is 0 Å². The van der Waals surface area contributed by atoms with Crippen molar-refractivity contribution in [1.82, 2.24) is 0 Å². The van der Waals surface area contributed by atoms with Crippen LogP contribution in [0.25, 0.3) is 0 Å². The van der Waals surface area contributed by atoms with Crippen molar-refractivity contribution in [3.8, 4) is 5.75 Å². The summed E-state index contributed by atoms with van der Waals surface area (Å²) in [7, 11) is 0. The number of para-hydroxylation sites is 1. The number of ether oxygens (including phenoxy) is 2. The average molecular weight is 278 g/mol. The Labute approximate surface area is 120 Å². The Morgan fingerprint density at radius 1 is 1.40 bits per heavy atom. The summed E-state index contributed by atoms with van der Waals surface area (Å²) in [5.41, 5.74) is 0.799. The van der Waals surface area contributed by atoms with E-state index in [2.05, 4.69) is 6.58 Å². The molecule has 0 saturated carbocycles. The van der Waals surface area contributed by atoms with Crippen LogP contribution in [-0.4, -0.2) is 23.8 Å². The molecule has 4 nitrogen and oxygen atoms in total. The number of carbonyl (C=O) groups excluding carboxylic acids is 1. The second kappa shape index (κ2) is 9.15. The summed E-state index contributed by atoms with van der Waals surface area (Å²) < 4.78 is 10.6. The number of benzene rings is 1. The highest BCUT2D eigenvalue weighted by Crippen LogP contribution is 2.19. The number of hydrogen-bond donors (Lipinski definition) is 1. The molecule has 0 spiro atoms. The van der Waals surface area contributed by atoms with Crippen molar-refractivity contribution in [3.63, 3.8) is 0 Å². The highest BCUT2D eigenvalue weighted by Gasteiger charge is 2.07. The molecule has 20 heavy (non-hydrogen) atoms. The lowest BCUT2D eigenvalue weighted by atomic mass is 10.1. The third-order valence-electron chi connectivity index (χ3n) is 2.84. The normalized spacial score (nSPS) is 11.7. The van der Waals surface area contributed by atoms with Crippen LogP contribution in [0.1, 0.15) is 31.7 Å². The van der Waals surface area contributed by atoms with Crippen molar-refractivity contribution in [2.24, 2.45) is 0 Å². The molecule has 1 aromatic rings. The second-order valence-corrected chi connectivity index (χ2v) is 4.50. The molecule has 1 N–H and O–H groups in total. The van der Waals surface area contributed by atoms with Gasteiger partial charge in [0.15, 0.2) is 0 Å². The minimum atomic E-state index is -0.460. The van der Waals surface area contributed by atoms with Crippen LogP contribution in [0.15, 0.2) is 36.9 Å². The van der Waals surface area contributed by atoms with Crippen molar-refractivity contribution in [2.45, 2.75) is 38.9 Å². The van der Waals surface area contributed by atoms with Gasteiger partial charge in [0, 0.05) is 18.1 Å². The van der Waals surface area contributed by atoms with Crippen LogP contribution in [0.2, 0.25) is 0 Å². The largest absolute Gasteiger partial charge is 0.493 e. The van der Waals surface area contributed by atoms with Crippen LogP contribution in [0, 0.1) is 0 Å². The van der Waals surface area contributed by atoms with Crippen molar-refractivity contribution < 1.29 is 19.4 Å². The Kier molecular flexibility index (Phi) is 7.43. The van der Waals surface area contributed by atoms with Gasteiger partial charge in [-0.05, 0) is 12.5 Å². The van der Waals surface area contributed by atoms with E-state index in [-0.39, 0.29) is 12.7 Å². The Hall–Kier alpha value is -1.81. The first-order chi connectivity index (χ1) is 9.67. The zero-order valence-corrected chi connectivity index (χ0v) is 11.9. The highest BCUT2D eigenvalue weighted by atomic mass is 16.5. The van der Waals surface area contributed by atoms with E-state index in [1.165, 1.54) is 0 Å². The van der Waals surface area contributed by atoms with Crippen LogP contribution in [0.4, 0.5) is 0 Å². The van der Waals surface area contributed by atoms with Crippen molar-refractivity contribution in [2.75, 3.05) is 6.61 Å². The van der Waals surface area contributed by atoms with Gasteiger partial charge >= 0.3 is 5.97 Å². The highest BCUT2D eigenvalue weighted by molar-refractivity contribution is 5.81. The van der Waals surface area contributed by atoms with Gasteiger partial charge in [-0.3, -0.25) is 0 Å². The van der Waals surface area contributed by atoms with E-state index in [9.17, 15) is 9.90 Å². The lowest BCUT2D eigenvalue weighted by Gasteiger charge is -2.13. The zero-order valence-electron chi connectivity index (χ0n) is 11.9. The molecule has 1 atom stereocenters. The zero-order chi connectivity index (χ0) is 14.8.